The minimum atomic E-state index is 0.297. The van der Waals surface area contributed by atoms with E-state index in [0.29, 0.717) is 17.0 Å². The van der Waals surface area contributed by atoms with Crippen molar-refractivity contribution in [1.82, 2.24) is 14.5 Å². The van der Waals surface area contributed by atoms with Gasteiger partial charge in [-0.1, -0.05) is 23.4 Å². The Bertz CT molecular complexity index is 580. The number of hydrogen-bond acceptors (Lipinski definition) is 4. The number of rotatable bonds is 3. The maximum absolute atomic E-state index is 6.33. The molecule has 1 aliphatic rings. The van der Waals surface area contributed by atoms with Gasteiger partial charge in [0.25, 0.3) is 0 Å². The van der Waals surface area contributed by atoms with E-state index in [1.165, 1.54) is 0 Å². The third kappa shape index (κ3) is 1.87. The van der Waals surface area contributed by atoms with Gasteiger partial charge in [-0.25, -0.2) is 9.97 Å². The lowest BCUT2D eigenvalue weighted by atomic mass is 10.4. The molecule has 0 spiro atoms. The van der Waals surface area contributed by atoms with E-state index in [2.05, 4.69) is 9.97 Å². The highest BCUT2D eigenvalue weighted by Crippen LogP contribution is 2.35. The second-order valence-electron chi connectivity index (χ2n) is 4.09. The number of aryl methyl sites for hydroxylation is 1. The van der Waals surface area contributed by atoms with Gasteiger partial charge in [0.2, 0.25) is 5.88 Å². The molecule has 4 nitrogen and oxygen atoms in total. The van der Waals surface area contributed by atoms with Gasteiger partial charge in [0, 0.05) is 7.05 Å². The number of fused-ring (bicyclic) bond motifs is 1. The van der Waals surface area contributed by atoms with Crippen LogP contribution >= 0.6 is 23.4 Å². The second-order valence-corrected chi connectivity index (χ2v) is 5.24. The van der Waals surface area contributed by atoms with Crippen LogP contribution in [0.5, 0.6) is 5.88 Å². The van der Waals surface area contributed by atoms with Crippen LogP contribution in [0.3, 0.4) is 0 Å². The molecule has 0 aliphatic heterocycles. The zero-order valence-corrected chi connectivity index (χ0v) is 11.2. The molecule has 0 atom stereocenters. The lowest BCUT2D eigenvalue weighted by Crippen LogP contribution is -2.00. The molecule has 0 bridgehead atoms. The summed E-state index contributed by atoms with van der Waals surface area (Å²) in [4.78, 5) is 8.69. The summed E-state index contributed by atoms with van der Waals surface area (Å²) in [5.74, 6) is 0.525. The van der Waals surface area contributed by atoms with E-state index in [0.717, 1.165) is 29.0 Å². The SMILES string of the molecule is CSc1nc2cnc(OC3CC3)c(Cl)c2n1C. The maximum atomic E-state index is 6.33. The zero-order chi connectivity index (χ0) is 12.0. The first-order chi connectivity index (χ1) is 8.20. The van der Waals surface area contributed by atoms with Gasteiger partial charge in [0.05, 0.1) is 11.7 Å². The van der Waals surface area contributed by atoms with Crippen LogP contribution in [0.2, 0.25) is 5.02 Å². The summed E-state index contributed by atoms with van der Waals surface area (Å²) in [6, 6.07) is 0. The van der Waals surface area contributed by atoms with Crippen molar-refractivity contribution in [1.29, 1.82) is 0 Å². The molecule has 17 heavy (non-hydrogen) atoms. The molecule has 90 valence electrons. The number of aromatic nitrogens is 3. The van der Waals surface area contributed by atoms with E-state index in [4.69, 9.17) is 16.3 Å². The Balaban J connectivity index is 2.14. The number of hydrogen-bond donors (Lipinski definition) is 0. The summed E-state index contributed by atoms with van der Waals surface area (Å²) in [6.45, 7) is 0. The quantitative estimate of drug-likeness (QED) is 0.804. The standard InChI is InChI=1S/C11H12ClN3OS/c1-15-9-7(14-11(15)17-2)5-13-10(8(9)12)16-6-3-4-6/h5-6H,3-4H2,1-2H3. The number of halogens is 1. The summed E-state index contributed by atoms with van der Waals surface area (Å²) in [6.07, 6.45) is 6.20. The number of ether oxygens (including phenoxy) is 1. The van der Waals surface area contributed by atoms with E-state index >= 15 is 0 Å². The maximum Gasteiger partial charge on any atom is 0.235 e. The molecule has 3 rings (SSSR count). The Morgan fingerprint density at radius 2 is 2.29 bits per heavy atom. The van der Waals surface area contributed by atoms with Crippen LogP contribution < -0.4 is 4.74 Å². The van der Waals surface area contributed by atoms with Gasteiger partial charge in [0.15, 0.2) is 5.16 Å². The smallest absolute Gasteiger partial charge is 0.235 e. The number of pyridine rings is 1. The van der Waals surface area contributed by atoms with Gasteiger partial charge in [-0.15, -0.1) is 0 Å². The third-order valence-corrected chi connectivity index (χ3v) is 3.84. The van der Waals surface area contributed by atoms with Crippen LogP contribution in [0.4, 0.5) is 0 Å². The second kappa shape index (κ2) is 4.07. The van der Waals surface area contributed by atoms with E-state index in [-0.39, 0.29) is 0 Å². The first-order valence-corrected chi connectivity index (χ1v) is 7.02. The van der Waals surface area contributed by atoms with Gasteiger partial charge < -0.3 is 9.30 Å². The first kappa shape index (κ1) is 11.2. The Kier molecular flexibility index (Phi) is 2.67. The summed E-state index contributed by atoms with van der Waals surface area (Å²) >= 11 is 7.92. The fourth-order valence-corrected chi connectivity index (χ4v) is 2.61. The van der Waals surface area contributed by atoms with Crippen molar-refractivity contribution in [3.8, 4) is 5.88 Å². The fourth-order valence-electron chi connectivity index (χ4n) is 1.73. The topological polar surface area (TPSA) is 39.9 Å². The van der Waals surface area contributed by atoms with Crippen LogP contribution in [0.15, 0.2) is 11.4 Å². The number of thioether (sulfide) groups is 1. The van der Waals surface area contributed by atoms with Gasteiger partial charge >= 0.3 is 0 Å². The van der Waals surface area contributed by atoms with Crippen molar-refractivity contribution >= 4 is 34.4 Å². The zero-order valence-electron chi connectivity index (χ0n) is 9.61. The van der Waals surface area contributed by atoms with E-state index < -0.39 is 0 Å². The van der Waals surface area contributed by atoms with Crippen LogP contribution in [0, 0.1) is 0 Å². The predicted molar refractivity (Wildman–Crippen MR) is 69.0 cm³/mol. The molecule has 0 unspecified atom stereocenters. The Morgan fingerprint density at radius 1 is 1.53 bits per heavy atom. The Hall–Kier alpha value is -0.940. The molecule has 6 heteroatoms. The summed E-state index contributed by atoms with van der Waals surface area (Å²) < 4.78 is 7.65. The normalized spacial score (nSPS) is 15.5. The molecule has 0 radical (unpaired) electrons. The van der Waals surface area contributed by atoms with Crippen LogP contribution in [0.25, 0.3) is 11.0 Å². The van der Waals surface area contributed by atoms with Crippen LogP contribution in [0.1, 0.15) is 12.8 Å². The summed E-state index contributed by atoms with van der Waals surface area (Å²) in [5.41, 5.74) is 1.70. The van der Waals surface area contributed by atoms with E-state index in [1.807, 2.05) is 17.9 Å². The average Bonchev–Trinajstić information content (AvgIpc) is 3.07. The minimum Gasteiger partial charge on any atom is -0.473 e. The van der Waals surface area contributed by atoms with E-state index in [1.54, 1.807) is 18.0 Å². The molecular formula is C11H12ClN3OS. The highest BCUT2D eigenvalue weighted by molar-refractivity contribution is 7.98. The molecule has 2 aromatic heterocycles. The van der Waals surface area contributed by atoms with Crippen molar-refractivity contribution in [2.45, 2.75) is 24.1 Å². The van der Waals surface area contributed by atoms with Crippen molar-refractivity contribution < 1.29 is 4.74 Å². The molecule has 1 aliphatic carbocycles. The predicted octanol–water partition coefficient (Wildman–Crippen LogP) is 2.88. The van der Waals surface area contributed by atoms with Crippen molar-refractivity contribution in [2.24, 2.45) is 7.05 Å². The van der Waals surface area contributed by atoms with Gasteiger partial charge in [-0.05, 0) is 19.1 Å². The Morgan fingerprint density at radius 3 is 2.94 bits per heavy atom. The fraction of sp³-hybridized carbons (Fsp3) is 0.455. The molecule has 1 saturated carbocycles. The monoisotopic (exact) mass is 269 g/mol. The largest absolute Gasteiger partial charge is 0.473 e. The molecule has 0 aromatic carbocycles. The third-order valence-electron chi connectivity index (χ3n) is 2.77. The van der Waals surface area contributed by atoms with Crippen molar-refractivity contribution in [3.05, 3.63) is 11.2 Å². The van der Waals surface area contributed by atoms with E-state index in [9.17, 15) is 0 Å². The molecular weight excluding hydrogens is 258 g/mol. The molecule has 2 aromatic rings. The average molecular weight is 270 g/mol. The number of nitrogens with zero attached hydrogens (tertiary/aromatic N) is 3. The van der Waals surface area contributed by atoms with Gasteiger partial charge in [-0.2, -0.15) is 0 Å². The lowest BCUT2D eigenvalue weighted by Gasteiger charge is -2.06. The molecule has 0 N–H and O–H groups in total. The molecule has 1 fully saturated rings. The molecule has 2 heterocycles. The highest BCUT2D eigenvalue weighted by Gasteiger charge is 2.26. The van der Waals surface area contributed by atoms with Gasteiger partial charge in [-0.3, -0.25) is 0 Å². The minimum absolute atomic E-state index is 0.297. The summed E-state index contributed by atoms with van der Waals surface area (Å²) in [7, 11) is 1.95. The highest BCUT2D eigenvalue weighted by atomic mass is 35.5. The van der Waals surface area contributed by atoms with Gasteiger partial charge in [0.1, 0.15) is 16.6 Å². The molecule has 0 saturated heterocycles. The van der Waals surface area contributed by atoms with Crippen molar-refractivity contribution in [2.75, 3.05) is 6.26 Å². The first-order valence-electron chi connectivity index (χ1n) is 5.42. The van der Waals surface area contributed by atoms with Crippen molar-refractivity contribution in [3.63, 3.8) is 0 Å². The Labute approximate surface area is 108 Å². The number of imidazole rings is 1. The summed E-state index contributed by atoms with van der Waals surface area (Å²) in [5, 5.41) is 1.48. The lowest BCUT2D eigenvalue weighted by molar-refractivity contribution is 0.292. The van der Waals surface area contributed by atoms with Crippen LogP contribution in [-0.4, -0.2) is 26.9 Å². The molecule has 0 amide bonds. The van der Waals surface area contributed by atoms with Crippen LogP contribution in [-0.2, 0) is 7.05 Å².